The van der Waals surface area contributed by atoms with Gasteiger partial charge < -0.3 is 9.64 Å². The predicted octanol–water partition coefficient (Wildman–Crippen LogP) is 4.17. The van der Waals surface area contributed by atoms with E-state index < -0.39 is 0 Å². The summed E-state index contributed by atoms with van der Waals surface area (Å²) in [4.78, 5) is 2.35. The van der Waals surface area contributed by atoms with Crippen LogP contribution in [-0.4, -0.2) is 44.5 Å². The van der Waals surface area contributed by atoms with Crippen molar-refractivity contribution in [2.75, 3.05) is 38.2 Å². The van der Waals surface area contributed by atoms with E-state index in [1.54, 1.807) is 7.11 Å². The van der Waals surface area contributed by atoms with Crippen molar-refractivity contribution in [3.8, 4) is 5.75 Å². The van der Waals surface area contributed by atoms with Crippen molar-refractivity contribution in [3.05, 3.63) is 65.2 Å². The van der Waals surface area contributed by atoms with Gasteiger partial charge in [0.15, 0.2) is 0 Å². The standard InChI is InChI=1S/C20H22ClN3O/c1-25-20-7-3-2-5-17(20)6-4-12-22-24-15-13-23(14-16-24)19-10-8-18(21)9-11-19/h2-12H,13-16H2,1H3/b6-4+,22-12+. The van der Waals surface area contributed by atoms with Crippen LogP contribution in [-0.2, 0) is 0 Å². The summed E-state index contributed by atoms with van der Waals surface area (Å²) in [5, 5.41) is 7.40. The van der Waals surface area contributed by atoms with Gasteiger partial charge in [-0.2, -0.15) is 5.10 Å². The Hall–Kier alpha value is -2.46. The lowest BCUT2D eigenvalue weighted by Crippen LogP contribution is -2.44. The fraction of sp³-hybridized carbons (Fsp3) is 0.250. The summed E-state index contributed by atoms with van der Waals surface area (Å²) in [5.74, 6) is 0.865. The molecule has 1 saturated heterocycles. The molecule has 0 unspecified atom stereocenters. The molecule has 4 nitrogen and oxygen atoms in total. The molecular formula is C20H22ClN3O. The van der Waals surface area contributed by atoms with Gasteiger partial charge in [0.05, 0.1) is 20.2 Å². The number of rotatable bonds is 5. The molecular weight excluding hydrogens is 334 g/mol. The minimum absolute atomic E-state index is 0.772. The van der Waals surface area contributed by atoms with Crippen LogP contribution in [0.4, 0.5) is 5.69 Å². The van der Waals surface area contributed by atoms with Crippen LogP contribution in [0.5, 0.6) is 5.75 Å². The van der Waals surface area contributed by atoms with E-state index in [0.717, 1.165) is 42.5 Å². The summed E-state index contributed by atoms with van der Waals surface area (Å²) in [6.45, 7) is 3.72. The first-order valence-corrected chi connectivity index (χ1v) is 8.73. The maximum Gasteiger partial charge on any atom is 0.126 e. The van der Waals surface area contributed by atoms with Crippen molar-refractivity contribution in [3.63, 3.8) is 0 Å². The van der Waals surface area contributed by atoms with Crippen LogP contribution in [0.15, 0.2) is 59.7 Å². The quantitative estimate of drug-likeness (QED) is 0.753. The summed E-state index contributed by atoms with van der Waals surface area (Å²) in [6.07, 6.45) is 5.79. The SMILES string of the molecule is COc1ccccc1/C=C/C=N/N1CCN(c2ccc(Cl)cc2)CC1. The Balaban J connectivity index is 1.51. The van der Waals surface area contributed by atoms with E-state index in [0.29, 0.717) is 0 Å². The van der Waals surface area contributed by atoms with Crippen LogP contribution < -0.4 is 9.64 Å². The summed E-state index contributed by atoms with van der Waals surface area (Å²) >= 11 is 5.95. The van der Waals surface area contributed by atoms with Crippen LogP contribution in [0.1, 0.15) is 5.56 Å². The zero-order valence-corrected chi connectivity index (χ0v) is 15.1. The average molecular weight is 356 g/mol. The van der Waals surface area contributed by atoms with Gasteiger partial charge in [-0.25, -0.2) is 0 Å². The van der Waals surface area contributed by atoms with E-state index >= 15 is 0 Å². The highest BCUT2D eigenvalue weighted by Crippen LogP contribution is 2.20. The lowest BCUT2D eigenvalue weighted by Gasteiger charge is -2.34. The molecule has 1 aliphatic heterocycles. The van der Waals surface area contributed by atoms with Gasteiger partial charge in [0, 0.05) is 35.6 Å². The number of piperazine rings is 1. The molecule has 25 heavy (non-hydrogen) atoms. The monoisotopic (exact) mass is 355 g/mol. The number of nitrogens with zero attached hydrogens (tertiary/aromatic N) is 3. The molecule has 0 amide bonds. The highest BCUT2D eigenvalue weighted by molar-refractivity contribution is 6.30. The van der Waals surface area contributed by atoms with Crippen molar-refractivity contribution in [1.82, 2.24) is 5.01 Å². The zero-order valence-electron chi connectivity index (χ0n) is 14.3. The maximum atomic E-state index is 5.95. The molecule has 0 aliphatic carbocycles. The molecule has 1 heterocycles. The smallest absolute Gasteiger partial charge is 0.126 e. The van der Waals surface area contributed by atoms with Gasteiger partial charge in [-0.3, -0.25) is 5.01 Å². The Morgan fingerprint density at radius 1 is 1.00 bits per heavy atom. The fourth-order valence-corrected chi connectivity index (χ4v) is 2.93. The summed E-state index contributed by atoms with van der Waals surface area (Å²) in [5.41, 5.74) is 2.26. The Bertz CT molecular complexity index is 735. The molecule has 0 aromatic heterocycles. The van der Waals surface area contributed by atoms with Crippen LogP contribution in [0.25, 0.3) is 6.08 Å². The van der Waals surface area contributed by atoms with Crippen LogP contribution in [0.3, 0.4) is 0 Å². The number of hydrogen-bond acceptors (Lipinski definition) is 4. The van der Waals surface area contributed by atoms with E-state index in [1.165, 1.54) is 5.69 Å². The highest BCUT2D eigenvalue weighted by atomic mass is 35.5. The molecule has 0 radical (unpaired) electrons. The Kier molecular flexibility index (Phi) is 5.96. The second-order valence-corrected chi connectivity index (χ2v) is 6.22. The number of methoxy groups -OCH3 is 1. The van der Waals surface area contributed by atoms with E-state index in [2.05, 4.69) is 27.1 Å². The van der Waals surface area contributed by atoms with Gasteiger partial charge in [-0.05, 0) is 42.5 Å². The zero-order chi connectivity index (χ0) is 17.5. The first kappa shape index (κ1) is 17.4. The average Bonchev–Trinajstić information content (AvgIpc) is 2.67. The number of halogens is 1. The summed E-state index contributed by atoms with van der Waals surface area (Å²) in [6, 6.07) is 15.9. The molecule has 0 bridgehead atoms. The number of allylic oxidation sites excluding steroid dienone is 1. The van der Waals surface area contributed by atoms with Gasteiger partial charge in [-0.15, -0.1) is 0 Å². The van der Waals surface area contributed by atoms with Gasteiger partial charge >= 0.3 is 0 Å². The predicted molar refractivity (Wildman–Crippen MR) is 106 cm³/mol. The molecule has 2 aromatic rings. The molecule has 130 valence electrons. The Labute approximate surface area is 154 Å². The molecule has 2 aromatic carbocycles. The minimum Gasteiger partial charge on any atom is -0.496 e. The minimum atomic E-state index is 0.772. The van der Waals surface area contributed by atoms with Gasteiger partial charge in [0.2, 0.25) is 0 Å². The van der Waals surface area contributed by atoms with Crippen LogP contribution in [0, 0.1) is 0 Å². The molecule has 0 N–H and O–H groups in total. The molecule has 0 saturated carbocycles. The Morgan fingerprint density at radius 3 is 2.44 bits per heavy atom. The summed E-state index contributed by atoms with van der Waals surface area (Å²) < 4.78 is 5.33. The van der Waals surface area contributed by atoms with Crippen molar-refractivity contribution in [2.45, 2.75) is 0 Å². The first-order chi connectivity index (χ1) is 12.3. The second kappa shape index (κ2) is 8.58. The van der Waals surface area contributed by atoms with E-state index in [4.69, 9.17) is 16.3 Å². The Morgan fingerprint density at radius 2 is 1.72 bits per heavy atom. The topological polar surface area (TPSA) is 28.1 Å². The molecule has 1 aliphatic rings. The van der Waals surface area contributed by atoms with Crippen molar-refractivity contribution >= 4 is 29.6 Å². The molecule has 0 spiro atoms. The normalized spacial score (nSPS) is 15.3. The fourth-order valence-electron chi connectivity index (χ4n) is 2.81. The van der Waals surface area contributed by atoms with Crippen LogP contribution >= 0.6 is 11.6 Å². The summed E-state index contributed by atoms with van der Waals surface area (Å²) in [7, 11) is 1.68. The van der Waals surface area contributed by atoms with Crippen molar-refractivity contribution < 1.29 is 4.74 Å². The number of benzene rings is 2. The number of hydrogen-bond donors (Lipinski definition) is 0. The molecule has 0 atom stereocenters. The largest absolute Gasteiger partial charge is 0.496 e. The van der Waals surface area contributed by atoms with E-state index in [1.807, 2.05) is 54.8 Å². The third kappa shape index (κ3) is 4.77. The number of anilines is 1. The first-order valence-electron chi connectivity index (χ1n) is 8.35. The number of ether oxygens (including phenoxy) is 1. The van der Waals surface area contributed by atoms with Gasteiger partial charge in [-0.1, -0.05) is 29.8 Å². The third-order valence-electron chi connectivity index (χ3n) is 4.18. The molecule has 3 rings (SSSR count). The second-order valence-electron chi connectivity index (χ2n) is 5.78. The maximum absolute atomic E-state index is 5.95. The van der Waals surface area contributed by atoms with Crippen molar-refractivity contribution in [1.29, 1.82) is 0 Å². The highest BCUT2D eigenvalue weighted by Gasteiger charge is 2.15. The van der Waals surface area contributed by atoms with E-state index in [-0.39, 0.29) is 0 Å². The van der Waals surface area contributed by atoms with Crippen molar-refractivity contribution in [2.24, 2.45) is 5.10 Å². The number of para-hydroxylation sites is 1. The molecule has 1 fully saturated rings. The van der Waals surface area contributed by atoms with Gasteiger partial charge in [0.25, 0.3) is 0 Å². The van der Waals surface area contributed by atoms with Gasteiger partial charge in [0.1, 0.15) is 5.75 Å². The lowest BCUT2D eigenvalue weighted by molar-refractivity contribution is 0.272. The number of hydrazone groups is 1. The van der Waals surface area contributed by atoms with E-state index in [9.17, 15) is 0 Å². The molecule has 5 heteroatoms. The third-order valence-corrected chi connectivity index (χ3v) is 4.43. The lowest BCUT2D eigenvalue weighted by atomic mass is 10.2. The van der Waals surface area contributed by atoms with Crippen LogP contribution in [0.2, 0.25) is 5.02 Å².